The van der Waals surface area contributed by atoms with Crippen LogP contribution in [0.25, 0.3) is 0 Å². The number of ketones is 1. The Kier molecular flexibility index (Phi) is 6.39. The Hall–Kier alpha value is -3.09. The number of aromatic nitrogens is 1. The second-order valence-electron chi connectivity index (χ2n) is 6.05. The van der Waals surface area contributed by atoms with E-state index in [1.54, 1.807) is 32.9 Å². The molecule has 0 aliphatic heterocycles. The minimum Gasteiger partial charge on any atom is -0.496 e. The molecule has 0 radical (unpaired) electrons. The fourth-order valence-electron chi connectivity index (χ4n) is 2.84. The minimum atomic E-state index is -0.652. The first kappa shape index (κ1) is 20.2. The highest BCUT2D eigenvalue weighted by atomic mass is 16.5. The molecule has 7 nitrogen and oxygen atoms in total. The molecule has 1 aromatic heterocycles. The number of H-pyrrole nitrogens is 1. The summed E-state index contributed by atoms with van der Waals surface area (Å²) in [6.07, 6.45) is 0. The van der Waals surface area contributed by atoms with Crippen LogP contribution in [0.2, 0.25) is 0 Å². The average Bonchev–Trinajstić information content (AvgIpc) is 2.94. The van der Waals surface area contributed by atoms with Crippen molar-refractivity contribution in [1.82, 2.24) is 4.98 Å². The number of methoxy groups -OCH3 is 1. The zero-order chi connectivity index (χ0) is 20.1. The van der Waals surface area contributed by atoms with Crippen LogP contribution in [0.15, 0.2) is 18.2 Å². The third-order valence-corrected chi connectivity index (χ3v) is 4.11. The van der Waals surface area contributed by atoms with E-state index in [9.17, 15) is 14.4 Å². The lowest BCUT2D eigenvalue weighted by Gasteiger charge is -2.09. The van der Waals surface area contributed by atoms with Gasteiger partial charge in [0.1, 0.15) is 17.0 Å². The number of hydrogen-bond donors (Lipinski definition) is 1. The van der Waals surface area contributed by atoms with Crippen LogP contribution in [0.1, 0.15) is 54.9 Å². The Balaban J connectivity index is 2.16. The third-order valence-electron chi connectivity index (χ3n) is 4.11. The number of carbonyl (C=O) groups excluding carboxylic acids is 3. The SMILES string of the molecule is CCOC(=O)c1[nH]c(C)c(C(=O)COC(=O)c2cc(C)ccc2OC)c1C. The van der Waals surface area contributed by atoms with E-state index in [4.69, 9.17) is 14.2 Å². The maximum Gasteiger partial charge on any atom is 0.355 e. The van der Waals surface area contributed by atoms with Crippen molar-refractivity contribution in [2.45, 2.75) is 27.7 Å². The van der Waals surface area contributed by atoms with Crippen molar-refractivity contribution in [2.75, 3.05) is 20.3 Å². The summed E-state index contributed by atoms with van der Waals surface area (Å²) in [6, 6.07) is 5.11. The van der Waals surface area contributed by atoms with E-state index in [1.165, 1.54) is 7.11 Å². The molecule has 27 heavy (non-hydrogen) atoms. The smallest absolute Gasteiger partial charge is 0.355 e. The lowest BCUT2D eigenvalue weighted by Crippen LogP contribution is -2.16. The first-order valence-corrected chi connectivity index (χ1v) is 8.51. The zero-order valence-electron chi connectivity index (χ0n) is 16.1. The molecule has 0 aliphatic carbocycles. The molecule has 2 aromatic rings. The molecule has 0 amide bonds. The maximum atomic E-state index is 12.6. The van der Waals surface area contributed by atoms with E-state index < -0.39 is 24.3 Å². The van der Waals surface area contributed by atoms with Gasteiger partial charge in [0, 0.05) is 11.3 Å². The summed E-state index contributed by atoms with van der Waals surface area (Å²) in [6.45, 7) is 6.65. The molecule has 0 aliphatic rings. The minimum absolute atomic E-state index is 0.226. The van der Waals surface area contributed by atoms with Gasteiger partial charge in [0.05, 0.1) is 13.7 Å². The Bertz CT molecular complexity index is 881. The highest BCUT2D eigenvalue weighted by Crippen LogP contribution is 2.22. The molecule has 0 saturated carbocycles. The molecule has 7 heteroatoms. The summed E-state index contributed by atoms with van der Waals surface area (Å²) in [4.78, 5) is 39.7. The van der Waals surface area contributed by atoms with Gasteiger partial charge in [-0.3, -0.25) is 4.79 Å². The number of esters is 2. The van der Waals surface area contributed by atoms with Crippen molar-refractivity contribution in [3.63, 3.8) is 0 Å². The Labute approximate surface area is 157 Å². The molecular weight excluding hydrogens is 350 g/mol. The summed E-state index contributed by atoms with van der Waals surface area (Å²) in [5.74, 6) is -1.22. The van der Waals surface area contributed by atoms with E-state index in [2.05, 4.69) is 4.98 Å². The molecule has 144 valence electrons. The van der Waals surface area contributed by atoms with E-state index in [0.29, 0.717) is 22.6 Å². The quantitative estimate of drug-likeness (QED) is 0.592. The van der Waals surface area contributed by atoms with E-state index >= 15 is 0 Å². The average molecular weight is 373 g/mol. The number of benzene rings is 1. The van der Waals surface area contributed by atoms with Crippen LogP contribution in [0.4, 0.5) is 0 Å². The Morgan fingerprint density at radius 2 is 1.74 bits per heavy atom. The van der Waals surface area contributed by atoms with Crippen LogP contribution < -0.4 is 4.74 Å². The predicted molar refractivity (Wildman–Crippen MR) is 98.6 cm³/mol. The second-order valence-corrected chi connectivity index (χ2v) is 6.05. The molecule has 0 spiro atoms. The monoisotopic (exact) mass is 373 g/mol. The topological polar surface area (TPSA) is 94.7 Å². The number of aryl methyl sites for hydroxylation is 2. The summed E-state index contributed by atoms with van der Waals surface area (Å²) in [5.41, 5.74) is 2.65. The molecule has 1 aromatic carbocycles. The lowest BCUT2D eigenvalue weighted by molar-refractivity contribution is 0.0470. The van der Waals surface area contributed by atoms with Crippen LogP contribution in [0.5, 0.6) is 5.75 Å². The van der Waals surface area contributed by atoms with Crippen molar-refractivity contribution in [3.05, 3.63) is 51.8 Å². The standard InChI is InChI=1S/C20H23NO6/c1-6-26-20(24)18-12(3)17(13(4)21-18)15(22)10-27-19(23)14-9-11(2)7-8-16(14)25-5/h7-9,21H,6,10H2,1-5H3. The van der Waals surface area contributed by atoms with Crippen molar-refractivity contribution >= 4 is 17.7 Å². The highest BCUT2D eigenvalue weighted by molar-refractivity contribution is 6.04. The Morgan fingerprint density at radius 1 is 1.04 bits per heavy atom. The molecule has 0 bridgehead atoms. The highest BCUT2D eigenvalue weighted by Gasteiger charge is 2.24. The van der Waals surface area contributed by atoms with Gasteiger partial charge in [-0.2, -0.15) is 0 Å². The van der Waals surface area contributed by atoms with E-state index in [0.717, 1.165) is 5.56 Å². The van der Waals surface area contributed by atoms with Crippen molar-refractivity contribution < 1.29 is 28.6 Å². The van der Waals surface area contributed by atoms with Gasteiger partial charge in [-0.05, 0) is 45.4 Å². The van der Waals surface area contributed by atoms with Crippen LogP contribution in [0.3, 0.4) is 0 Å². The maximum absolute atomic E-state index is 12.6. The van der Waals surface area contributed by atoms with Gasteiger partial charge in [0.25, 0.3) is 0 Å². The summed E-state index contributed by atoms with van der Waals surface area (Å²) in [7, 11) is 1.45. The molecule has 1 heterocycles. The number of aromatic amines is 1. The van der Waals surface area contributed by atoms with Gasteiger partial charge in [-0.15, -0.1) is 0 Å². The first-order valence-electron chi connectivity index (χ1n) is 8.51. The van der Waals surface area contributed by atoms with Gasteiger partial charge in [0.2, 0.25) is 5.78 Å². The molecule has 1 N–H and O–H groups in total. The van der Waals surface area contributed by atoms with Gasteiger partial charge in [-0.25, -0.2) is 9.59 Å². The van der Waals surface area contributed by atoms with Gasteiger partial charge in [-0.1, -0.05) is 11.6 Å². The molecule has 0 saturated heterocycles. The summed E-state index contributed by atoms with van der Waals surface area (Å²) >= 11 is 0. The zero-order valence-corrected chi connectivity index (χ0v) is 16.1. The van der Waals surface area contributed by atoms with Crippen molar-refractivity contribution in [2.24, 2.45) is 0 Å². The number of rotatable bonds is 7. The molecule has 0 atom stereocenters. The predicted octanol–water partition coefficient (Wildman–Crippen LogP) is 3.16. The molecule has 0 unspecified atom stereocenters. The third kappa shape index (κ3) is 4.36. The molecule has 0 fully saturated rings. The summed E-state index contributed by atoms with van der Waals surface area (Å²) in [5, 5.41) is 0. The van der Waals surface area contributed by atoms with Gasteiger partial charge in [0.15, 0.2) is 6.61 Å². The van der Waals surface area contributed by atoms with Gasteiger partial charge < -0.3 is 19.2 Å². The summed E-state index contributed by atoms with van der Waals surface area (Å²) < 4.78 is 15.3. The van der Waals surface area contributed by atoms with Crippen molar-refractivity contribution in [1.29, 1.82) is 0 Å². The molecule has 2 rings (SSSR count). The second kappa shape index (κ2) is 8.53. The number of hydrogen-bond acceptors (Lipinski definition) is 6. The van der Waals surface area contributed by atoms with Crippen LogP contribution in [-0.4, -0.2) is 43.0 Å². The fourth-order valence-corrected chi connectivity index (χ4v) is 2.84. The number of Topliss-reactive ketones (excluding diaryl/α,β-unsaturated/α-hetero) is 1. The van der Waals surface area contributed by atoms with E-state index in [-0.39, 0.29) is 17.9 Å². The number of nitrogens with one attached hydrogen (secondary N) is 1. The normalized spacial score (nSPS) is 10.4. The number of carbonyl (C=O) groups is 3. The van der Waals surface area contributed by atoms with Crippen molar-refractivity contribution in [3.8, 4) is 5.75 Å². The largest absolute Gasteiger partial charge is 0.496 e. The number of ether oxygens (including phenoxy) is 3. The van der Waals surface area contributed by atoms with E-state index in [1.807, 2.05) is 13.0 Å². The van der Waals surface area contributed by atoms with Crippen LogP contribution in [0, 0.1) is 20.8 Å². The molecular formula is C20H23NO6. The van der Waals surface area contributed by atoms with Crippen LogP contribution >= 0.6 is 0 Å². The first-order chi connectivity index (χ1) is 12.8. The lowest BCUT2D eigenvalue weighted by atomic mass is 10.1. The Morgan fingerprint density at radius 3 is 2.37 bits per heavy atom. The van der Waals surface area contributed by atoms with Crippen LogP contribution in [-0.2, 0) is 9.47 Å². The fraction of sp³-hybridized carbons (Fsp3) is 0.350. The van der Waals surface area contributed by atoms with Gasteiger partial charge >= 0.3 is 11.9 Å².